The maximum absolute atomic E-state index is 13.6. The van der Waals surface area contributed by atoms with Gasteiger partial charge in [0.25, 0.3) is 0 Å². The van der Waals surface area contributed by atoms with Crippen LogP contribution in [0.15, 0.2) is 17.0 Å². The summed E-state index contributed by atoms with van der Waals surface area (Å²) in [5.41, 5.74) is 5.80. The zero-order valence-electron chi connectivity index (χ0n) is 8.62. The fourth-order valence-corrected chi connectivity index (χ4v) is 2.29. The lowest BCUT2D eigenvalue weighted by Crippen LogP contribution is -2.25. The Morgan fingerprint density at radius 1 is 1.56 bits per heavy atom. The highest BCUT2D eigenvalue weighted by atomic mass is 32.2. The van der Waals surface area contributed by atoms with Gasteiger partial charge in [0.1, 0.15) is 10.7 Å². The van der Waals surface area contributed by atoms with Gasteiger partial charge < -0.3 is 5.73 Å². The van der Waals surface area contributed by atoms with Crippen LogP contribution in [-0.4, -0.2) is 15.0 Å². The van der Waals surface area contributed by atoms with E-state index in [0.717, 1.165) is 6.07 Å². The number of anilines is 1. The van der Waals surface area contributed by atoms with Crippen LogP contribution in [-0.2, 0) is 10.0 Å². The van der Waals surface area contributed by atoms with Gasteiger partial charge in [0.2, 0.25) is 10.0 Å². The highest BCUT2D eigenvalue weighted by Gasteiger charge is 2.20. The monoisotopic (exact) mass is 242 g/mol. The molecule has 3 N–H and O–H groups in total. The van der Waals surface area contributed by atoms with Crippen LogP contribution in [0.1, 0.15) is 5.56 Å². The molecule has 0 amide bonds. The molecular weight excluding hydrogens is 231 g/mol. The van der Waals surface area contributed by atoms with Crippen LogP contribution >= 0.6 is 0 Å². The summed E-state index contributed by atoms with van der Waals surface area (Å²) in [6, 6.07) is 2.41. The molecule has 86 valence electrons. The number of nitrogens with two attached hydrogens (primary N) is 1. The number of halogens is 1. The summed E-state index contributed by atoms with van der Waals surface area (Å²) in [6.45, 7) is 1.24. The molecule has 0 radical (unpaired) electrons. The van der Waals surface area contributed by atoms with Crippen molar-refractivity contribution in [3.63, 3.8) is 0 Å². The molecule has 0 saturated carbocycles. The van der Waals surface area contributed by atoms with Crippen molar-refractivity contribution in [3.05, 3.63) is 23.5 Å². The van der Waals surface area contributed by atoms with E-state index in [1.54, 1.807) is 0 Å². The fourth-order valence-electron chi connectivity index (χ4n) is 1.17. The zero-order chi connectivity index (χ0) is 12.3. The summed E-state index contributed by atoms with van der Waals surface area (Å²) in [4.78, 5) is -0.486. The Morgan fingerprint density at radius 2 is 2.19 bits per heavy atom. The standard InChI is InChI=1S/C10H11FN2O2S/c1-3-4-13-16(14,15)9-6-8(12)5-7(2)10(9)11/h1,5-6,13H,4,12H2,2H3. The van der Waals surface area contributed by atoms with Gasteiger partial charge in [-0.1, -0.05) is 5.92 Å². The molecule has 0 saturated heterocycles. The predicted octanol–water partition coefficient (Wildman–Crippen LogP) is 0.628. The third-order valence-corrected chi connectivity index (χ3v) is 3.30. The molecule has 0 heterocycles. The molecule has 1 aromatic carbocycles. The summed E-state index contributed by atoms with van der Waals surface area (Å²) in [6.07, 6.45) is 4.92. The maximum atomic E-state index is 13.6. The van der Waals surface area contributed by atoms with E-state index in [1.165, 1.54) is 13.0 Å². The molecule has 0 atom stereocenters. The van der Waals surface area contributed by atoms with Crippen molar-refractivity contribution in [1.82, 2.24) is 4.72 Å². The normalized spacial score (nSPS) is 11.1. The minimum absolute atomic E-state index is 0.168. The molecule has 0 aliphatic heterocycles. The highest BCUT2D eigenvalue weighted by molar-refractivity contribution is 7.89. The van der Waals surface area contributed by atoms with Crippen molar-refractivity contribution in [2.24, 2.45) is 0 Å². The molecule has 0 fully saturated rings. The lowest BCUT2D eigenvalue weighted by molar-refractivity contribution is 0.556. The molecule has 0 aromatic heterocycles. The van der Waals surface area contributed by atoms with Crippen molar-refractivity contribution in [2.45, 2.75) is 11.8 Å². The van der Waals surface area contributed by atoms with Gasteiger partial charge in [-0.2, -0.15) is 4.72 Å². The molecule has 1 aromatic rings. The van der Waals surface area contributed by atoms with Crippen LogP contribution in [0.3, 0.4) is 0 Å². The van der Waals surface area contributed by atoms with Gasteiger partial charge in [0.05, 0.1) is 6.54 Å². The second kappa shape index (κ2) is 4.51. The number of hydrogen-bond donors (Lipinski definition) is 2. The average molecular weight is 242 g/mol. The lowest BCUT2D eigenvalue weighted by atomic mass is 10.2. The number of terminal acetylenes is 1. The molecule has 0 aliphatic carbocycles. The van der Waals surface area contributed by atoms with Gasteiger partial charge in [0, 0.05) is 5.69 Å². The van der Waals surface area contributed by atoms with Crippen LogP contribution in [0.4, 0.5) is 10.1 Å². The van der Waals surface area contributed by atoms with E-state index < -0.39 is 20.7 Å². The average Bonchev–Trinajstić information content (AvgIpc) is 2.20. The molecule has 4 nitrogen and oxygen atoms in total. The molecule has 6 heteroatoms. The first-order valence-electron chi connectivity index (χ1n) is 4.37. The van der Waals surface area contributed by atoms with Gasteiger partial charge >= 0.3 is 0 Å². The van der Waals surface area contributed by atoms with Crippen molar-refractivity contribution >= 4 is 15.7 Å². The summed E-state index contributed by atoms with van der Waals surface area (Å²) in [5.74, 6) is 1.28. The van der Waals surface area contributed by atoms with Gasteiger partial charge in [-0.25, -0.2) is 12.8 Å². The number of nitrogen functional groups attached to an aromatic ring is 1. The van der Waals surface area contributed by atoms with Crippen LogP contribution in [0.2, 0.25) is 0 Å². The first-order valence-corrected chi connectivity index (χ1v) is 5.85. The molecule has 0 bridgehead atoms. The molecule has 1 rings (SSSR count). The summed E-state index contributed by atoms with van der Waals surface area (Å²) >= 11 is 0. The quantitative estimate of drug-likeness (QED) is 0.603. The lowest BCUT2D eigenvalue weighted by Gasteiger charge is -2.08. The van der Waals surface area contributed by atoms with E-state index in [2.05, 4.69) is 10.6 Å². The summed E-state index contributed by atoms with van der Waals surface area (Å²) < 4.78 is 38.9. The minimum Gasteiger partial charge on any atom is -0.399 e. The topological polar surface area (TPSA) is 72.2 Å². The third kappa shape index (κ3) is 2.51. The molecule has 16 heavy (non-hydrogen) atoms. The van der Waals surface area contributed by atoms with E-state index in [1.807, 2.05) is 0 Å². The Labute approximate surface area is 93.7 Å². The Kier molecular flexibility index (Phi) is 3.52. The summed E-state index contributed by atoms with van der Waals surface area (Å²) in [7, 11) is -3.95. The molecular formula is C10H11FN2O2S. The number of rotatable bonds is 3. The van der Waals surface area contributed by atoms with Crippen molar-refractivity contribution in [2.75, 3.05) is 12.3 Å². The van der Waals surface area contributed by atoms with E-state index in [9.17, 15) is 12.8 Å². The molecule has 0 spiro atoms. The SMILES string of the molecule is C#CCNS(=O)(=O)c1cc(N)cc(C)c1F. The van der Waals surface area contributed by atoms with Crippen LogP contribution in [0.25, 0.3) is 0 Å². The van der Waals surface area contributed by atoms with Crippen LogP contribution < -0.4 is 10.5 Å². The number of sulfonamides is 1. The Balaban J connectivity index is 3.29. The Hall–Kier alpha value is -1.58. The summed E-state index contributed by atoms with van der Waals surface area (Å²) in [5, 5.41) is 0. The molecule has 0 unspecified atom stereocenters. The van der Waals surface area contributed by atoms with Crippen molar-refractivity contribution in [1.29, 1.82) is 0 Å². The molecule has 0 aliphatic rings. The highest BCUT2D eigenvalue weighted by Crippen LogP contribution is 2.21. The third-order valence-electron chi connectivity index (χ3n) is 1.90. The number of benzene rings is 1. The number of aryl methyl sites for hydroxylation is 1. The Morgan fingerprint density at radius 3 is 2.75 bits per heavy atom. The van der Waals surface area contributed by atoms with Crippen molar-refractivity contribution in [3.8, 4) is 12.3 Å². The van der Waals surface area contributed by atoms with E-state index >= 15 is 0 Å². The zero-order valence-corrected chi connectivity index (χ0v) is 9.44. The van der Waals surface area contributed by atoms with Crippen LogP contribution in [0, 0.1) is 25.1 Å². The first kappa shape index (κ1) is 12.5. The van der Waals surface area contributed by atoms with Gasteiger partial charge in [-0.3, -0.25) is 0 Å². The Bertz CT molecular complexity index is 547. The smallest absolute Gasteiger partial charge is 0.244 e. The van der Waals surface area contributed by atoms with E-state index in [0.29, 0.717) is 0 Å². The second-order valence-electron chi connectivity index (χ2n) is 3.18. The number of hydrogen-bond acceptors (Lipinski definition) is 3. The largest absolute Gasteiger partial charge is 0.399 e. The number of nitrogens with one attached hydrogen (secondary N) is 1. The van der Waals surface area contributed by atoms with Gasteiger partial charge in [-0.15, -0.1) is 6.42 Å². The maximum Gasteiger partial charge on any atom is 0.244 e. The minimum atomic E-state index is -3.95. The fraction of sp³-hybridized carbons (Fsp3) is 0.200. The van der Waals surface area contributed by atoms with Gasteiger partial charge in [-0.05, 0) is 24.6 Å². The predicted molar refractivity (Wildman–Crippen MR) is 59.6 cm³/mol. The first-order chi connectivity index (χ1) is 7.38. The van der Waals surface area contributed by atoms with E-state index in [-0.39, 0.29) is 17.8 Å². The van der Waals surface area contributed by atoms with Crippen molar-refractivity contribution < 1.29 is 12.8 Å². The van der Waals surface area contributed by atoms with Gasteiger partial charge in [0.15, 0.2) is 0 Å². The second-order valence-corrected chi connectivity index (χ2v) is 4.91. The van der Waals surface area contributed by atoms with E-state index in [4.69, 9.17) is 12.2 Å². The van der Waals surface area contributed by atoms with Crippen LogP contribution in [0.5, 0.6) is 0 Å².